The van der Waals surface area contributed by atoms with Crippen LogP contribution >= 0.6 is 0 Å². The minimum atomic E-state index is -0.126. The maximum Gasteiger partial charge on any atom is 0.310 e. The maximum atomic E-state index is 12.0. The highest BCUT2D eigenvalue weighted by molar-refractivity contribution is 5.82. The summed E-state index contributed by atoms with van der Waals surface area (Å²) in [5.74, 6) is 0.932. The Bertz CT molecular complexity index is 668. The summed E-state index contributed by atoms with van der Waals surface area (Å²) in [6.45, 7) is 10.6. The number of aliphatic imine (C=N–C) groups is 1. The number of nitrogens with one attached hydrogen (secondary N) is 1. The number of nitrogens with zero attached hydrogens (tertiary/aromatic N) is 3. The number of methoxy groups -OCH3 is 1. The second-order valence-electron chi connectivity index (χ2n) is 7.98. The van der Waals surface area contributed by atoms with Crippen LogP contribution in [0.5, 0.6) is 0 Å². The van der Waals surface area contributed by atoms with Crippen molar-refractivity contribution >= 4 is 11.9 Å². The number of hydrogen-bond acceptors (Lipinski definition) is 4. The van der Waals surface area contributed by atoms with Gasteiger partial charge in [-0.2, -0.15) is 0 Å². The average molecular weight is 387 g/mol. The first-order valence-electron chi connectivity index (χ1n) is 10.5. The van der Waals surface area contributed by atoms with E-state index in [1.807, 2.05) is 0 Å². The van der Waals surface area contributed by atoms with E-state index in [-0.39, 0.29) is 17.8 Å². The molecule has 2 heterocycles. The highest BCUT2D eigenvalue weighted by atomic mass is 16.5. The summed E-state index contributed by atoms with van der Waals surface area (Å²) in [6.07, 6.45) is 2.65. The summed E-state index contributed by atoms with van der Waals surface area (Å²) < 4.78 is 4.95. The Morgan fingerprint density at radius 2 is 1.86 bits per heavy atom. The van der Waals surface area contributed by atoms with E-state index in [2.05, 4.69) is 53.2 Å². The van der Waals surface area contributed by atoms with Crippen molar-refractivity contribution < 1.29 is 9.53 Å². The van der Waals surface area contributed by atoms with E-state index < -0.39 is 0 Å². The second kappa shape index (κ2) is 9.92. The van der Waals surface area contributed by atoms with Crippen LogP contribution in [0.2, 0.25) is 0 Å². The molecule has 0 radical (unpaired) electrons. The van der Waals surface area contributed by atoms with E-state index in [9.17, 15) is 4.79 Å². The van der Waals surface area contributed by atoms with E-state index in [0.29, 0.717) is 13.1 Å². The number of likely N-dealkylation sites (tertiary alicyclic amines) is 2. The molecule has 2 fully saturated rings. The van der Waals surface area contributed by atoms with Crippen LogP contribution in [0.4, 0.5) is 0 Å². The van der Waals surface area contributed by atoms with Gasteiger partial charge in [-0.1, -0.05) is 31.2 Å². The second-order valence-corrected chi connectivity index (χ2v) is 7.98. The number of rotatable bonds is 6. The van der Waals surface area contributed by atoms with Crippen molar-refractivity contribution in [2.45, 2.75) is 39.8 Å². The number of carbonyl (C=O) groups excluding carboxylic acids is 1. The lowest BCUT2D eigenvalue weighted by molar-refractivity contribution is -0.145. The molecule has 0 spiro atoms. The zero-order chi connectivity index (χ0) is 19.9. The smallest absolute Gasteiger partial charge is 0.310 e. The quantitative estimate of drug-likeness (QED) is 0.462. The monoisotopic (exact) mass is 386 g/mol. The molecular formula is C22H34N4O2. The first-order valence-corrected chi connectivity index (χ1v) is 10.5. The van der Waals surface area contributed by atoms with Crippen LogP contribution in [0.15, 0.2) is 29.3 Å². The normalized spacial score (nSPS) is 23.2. The lowest BCUT2D eigenvalue weighted by Crippen LogP contribution is -2.40. The number of benzene rings is 1. The van der Waals surface area contributed by atoms with Crippen LogP contribution < -0.4 is 5.32 Å². The SMILES string of the molecule is CCNC(=NCc1ccc(CN2CCCC2)cc1)N1CC(C)C(C(=O)OC)C1. The van der Waals surface area contributed by atoms with Gasteiger partial charge in [-0.25, -0.2) is 4.99 Å². The minimum Gasteiger partial charge on any atom is -0.469 e. The predicted octanol–water partition coefficient (Wildman–Crippen LogP) is 2.49. The first kappa shape index (κ1) is 20.6. The van der Waals surface area contributed by atoms with Crippen LogP contribution in [0.25, 0.3) is 0 Å². The van der Waals surface area contributed by atoms with E-state index >= 15 is 0 Å². The van der Waals surface area contributed by atoms with Gasteiger partial charge in [0.1, 0.15) is 0 Å². The highest BCUT2D eigenvalue weighted by Gasteiger charge is 2.36. The van der Waals surface area contributed by atoms with Crippen molar-refractivity contribution in [1.82, 2.24) is 15.1 Å². The van der Waals surface area contributed by atoms with Gasteiger partial charge in [0.25, 0.3) is 0 Å². The van der Waals surface area contributed by atoms with Gasteiger partial charge in [-0.15, -0.1) is 0 Å². The summed E-state index contributed by atoms with van der Waals surface area (Å²) in [5, 5.41) is 3.37. The van der Waals surface area contributed by atoms with Gasteiger partial charge in [-0.05, 0) is 49.9 Å². The van der Waals surface area contributed by atoms with Crippen LogP contribution in [0.3, 0.4) is 0 Å². The third kappa shape index (κ3) is 5.25. The Labute approximate surface area is 168 Å². The van der Waals surface area contributed by atoms with Gasteiger partial charge < -0.3 is 15.0 Å². The Hall–Kier alpha value is -2.08. The first-order chi connectivity index (χ1) is 13.6. The predicted molar refractivity (Wildman–Crippen MR) is 112 cm³/mol. The molecule has 2 atom stereocenters. The van der Waals surface area contributed by atoms with Gasteiger partial charge in [0.2, 0.25) is 0 Å². The van der Waals surface area contributed by atoms with Crippen LogP contribution in [0.1, 0.15) is 37.8 Å². The Morgan fingerprint density at radius 3 is 2.50 bits per heavy atom. The number of esters is 1. The van der Waals surface area contributed by atoms with Gasteiger partial charge in [-0.3, -0.25) is 9.69 Å². The lowest BCUT2D eigenvalue weighted by Gasteiger charge is -2.21. The number of hydrogen-bond donors (Lipinski definition) is 1. The van der Waals surface area contributed by atoms with Crippen molar-refractivity contribution in [2.24, 2.45) is 16.8 Å². The third-order valence-electron chi connectivity index (χ3n) is 5.79. The zero-order valence-electron chi connectivity index (χ0n) is 17.5. The molecule has 3 rings (SSSR count). The van der Waals surface area contributed by atoms with Gasteiger partial charge in [0, 0.05) is 26.2 Å². The molecule has 154 valence electrons. The third-order valence-corrected chi connectivity index (χ3v) is 5.79. The molecule has 2 unspecified atom stereocenters. The molecule has 0 saturated carbocycles. The fourth-order valence-electron chi connectivity index (χ4n) is 4.14. The lowest BCUT2D eigenvalue weighted by atomic mass is 9.99. The molecule has 0 bridgehead atoms. The molecule has 1 aromatic carbocycles. The molecule has 6 heteroatoms. The molecule has 1 aromatic rings. The Kier molecular flexibility index (Phi) is 7.31. The molecule has 6 nitrogen and oxygen atoms in total. The van der Waals surface area contributed by atoms with Crippen molar-refractivity contribution in [2.75, 3.05) is 39.8 Å². The number of ether oxygens (including phenoxy) is 1. The highest BCUT2D eigenvalue weighted by Crippen LogP contribution is 2.24. The average Bonchev–Trinajstić information content (AvgIpc) is 3.35. The Morgan fingerprint density at radius 1 is 1.18 bits per heavy atom. The van der Waals surface area contributed by atoms with Crippen molar-refractivity contribution in [1.29, 1.82) is 0 Å². The van der Waals surface area contributed by atoms with Crippen molar-refractivity contribution in [3.8, 4) is 0 Å². The molecule has 2 saturated heterocycles. The Balaban J connectivity index is 1.60. The molecule has 0 aliphatic carbocycles. The minimum absolute atomic E-state index is 0.0845. The van der Waals surface area contributed by atoms with Gasteiger partial charge in [0.15, 0.2) is 5.96 Å². The summed E-state index contributed by atoms with van der Waals surface area (Å²) in [4.78, 5) is 21.5. The fourth-order valence-corrected chi connectivity index (χ4v) is 4.14. The molecular weight excluding hydrogens is 352 g/mol. The van der Waals surface area contributed by atoms with Gasteiger partial charge in [0.05, 0.1) is 19.6 Å². The summed E-state index contributed by atoms with van der Waals surface area (Å²) >= 11 is 0. The standard InChI is InChI=1S/C22H34N4O2/c1-4-23-22(26-14-17(2)20(16-26)21(27)28-3)24-13-18-7-9-19(10-8-18)15-25-11-5-6-12-25/h7-10,17,20H,4-6,11-16H2,1-3H3,(H,23,24). The van der Waals surface area contributed by atoms with Gasteiger partial charge >= 0.3 is 5.97 Å². The van der Waals surface area contributed by atoms with E-state index in [1.54, 1.807) is 0 Å². The van der Waals surface area contributed by atoms with E-state index in [1.165, 1.54) is 44.2 Å². The molecule has 28 heavy (non-hydrogen) atoms. The van der Waals surface area contributed by atoms with Crippen LogP contribution in [-0.2, 0) is 22.6 Å². The molecule has 2 aliphatic rings. The van der Waals surface area contributed by atoms with Crippen LogP contribution in [0, 0.1) is 11.8 Å². The summed E-state index contributed by atoms with van der Waals surface area (Å²) in [6, 6.07) is 8.81. The molecule has 0 amide bonds. The summed E-state index contributed by atoms with van der Waals surface area (Å²) in [5.41, 5.74) is 2.58. The molecule has 0 aromatic heterocycles. The number of carbonyl (C=O) groups is 1. The van der Waals surface area contributed by atoms with E-state index in [0.717, 1.165) is 25.6 Å². The number of guanidine groups is 1. The van der Waals surface area contributed by atoms with E-state index in [4.69, 9.17) is 9.73 Å². The molecule has 2 aliphatic heterocycles. The van der Waals surface area contributed by atoms with Crippen molar-refractivity contribution in [3.05, 3.63) is 35.4 Å². The summed E-state index contributed by atoms with van der Waals surface area (Å²) in [7, 11) is 1.46. The topological polar surface area (TPSA) is 57.2 Å². The van der Waals surface area contributed by atoms with Crippen molar-refractivity contribution in [3.63, 3.8) is 0 Å². The fraction of sp³-hybridized carbons (Fsp3) is 0.636. The van der Waals surface area contributed by atoms with Crippen LogP contribution in [-0.4, -0.2) is 61.6 Å². The zero-order valence-corrected chi connectivity index (χ0v) is 17.5. The maximum absolute atomic E-state index is 12.0. The molecule has 1 N–H and O–H groups in total. The largest absolute Gasteiger partial charge is 0.469 e.